The zero-order valence-corrected chi connectivity index (χ0v) is 20.5. The standard InChI is InChI=1S/C22H27Cl2FN2O4S/c1-12(26-21(30)31-22(2,3)4)16-9-10-17(32-16)13-5-7-14(8-6-13)18(28)15(11-25)27-20(29)19(23)24/h5-10,12,15,18-19,28H,11H2,1-4H3,(H,26,30)(H,27,29)/t12?,15-,18-/m1/s1. The van der Waals surface area contributed by atoms with Gasteiger partial charge in [0.25, 0.3) is 5.91 Å². The van der Waals surface area contributed by atoms with Crippen molar-refractivity contribution in [1.29, 1.82) is 0 Å². The second-order valence-corrected chi connectivity index (χ2v) is 10.4. The number of hydrogen-bond donors (Lipinski definition) is 3. The van der Waals surface area contributed by atoms with Gasteiger partial charge in [0.05, 0.1) is 12.1 Å². The van der Waals surface area contributed by atoms with Crippen molar-refractivity contribution in [2.24, 2.45) is 0 Å². The Morgan fingerprint density at radius 1 is 1.12 bits per heavy atom. The average molecular weight is 505 g/mol. The van der Waals surface area contributed by atoms with Crippen molar-refractivity contribution in [1.82, 2.24) is 10.6 Å². The molecule has 1 heterocycles. The lowest BCUT2D eigenvalue weighted by Gasteiger charge is -2.22. The highest BCUT2D eigenvalue weighted by atomic mass is 35.5. The molecule has 2 aromatic rings. The van der Waals surface area contributed by atoms with E-state index in [9.17, 15) is 19.1 Å². The molecule has 32 heavy (non-hydrogen) atoms. The third-order valence-corrected chi connectivity index (χ3v) is 6.11. The summed E-state index contributed by atoms with van der Waals surface area (Å²) in [5.41, 5.74) is 0.759. The molecule has 10 heteroatoms. The van der Waals surface area contributed by atoms with E-state index in [1.54, 1.807) is 45.0 Å². The molecule has 176 valence electrons. The fraction of sp³-hybridized carbons (Fsp3) is 0.455. The van der Waals surface area contributed by atoms with E-state index in [2.05, 4.69) is 10.6 Å². The summed E-state index contributed by atoms with van der Waals surface area (Å²) < 4.78 is 18.6. The van der Waals surface area contributed by atoms with Crippen molar-refractivity contribution in [2.45, 2.75) is 56.3 Å². The predicted molar refractivity (Wildman–Crippen MR) is 126 cm³/mol. The Kier molecular flexibility index (Phi) is 9.33. The Balaban J connectivity index is 2.06. The number of alkyl carbamates (subject to hydrolysis) is 1. The zero-order valence-electron chi connectivity index (χ0n) is 18.2. The van der Waals surface area contributed by atoms with Crippen LogP contribution in [0.5, 0.6) is 0 Å². The van der Waals surface area contributed by atoms with Crippen LogP contribution in [-0.4, -0.2) is 40.3 Å². The van der Waals surface area contributed by atoms with Gasteiger partial charge in [-0.25, -0.2) is 9.18 Å². The van der Waals surface area contributed by atoms with E-state index in [1.807, 2.05) is 19.1 Å². The van der Waals surface area contributed by atoms with Crippen molar-refractivity contribution in [3.05, 3.63) is 46.8 Å². The highest BCUT2D eigenvalue weighted by Gasteiger charge is 2.25. The fourth-order valence-corrected chi connectivity index (χ4v) is 3.96. The van der Waals surface area contributed by atoms with Crippen LogP contribution in [0.25, 0.3) is 10.4 Å². The molecule has 0 aliphatic heterocycles. The maximum Gasteiger partial charge on any atom is 0.408 e. The van der Waals surface area contributed by atoms with Crippen LogP contribution in [0.2, 0.25) is 0 Å². The minimum atomic E-state index is -1.35. The Hall–Kier alpha value is -1.87. The molecule has 0 aliphatic carbocycles. The number of alkyl halides is 3. The molecule has 1 aromatic heterocycles. The average Bonchev–Trinajstić information content (AvgIpc) is 3.20. The Morgan fingerprint density at radius 2 is 1.75 bits per heavy atom. The van der Waals surface area contributed by atoms with E-state index in [4.69, 9.17) is 27.9 Å². The number of carbonyl (C=O) groups excluding carboxylic acids is 2. The summed E-state index contributed by atoms with van der Waals surface area (Å²) in [6.07, 6.45) is -1.75. The second kappa shape index (κ2) is 11.3. The van der Waals surface area contributed by atoms with Crippen molar-refractivity contribution in [2.75, 3.05) is 6.67 Å². The summed E-state index contributed by atoms with van der Waals surface area (Å²) in [5, 5.41) is 15.5. The number of rotatable bonds is 8. The van der Waals surface area contributed by atoms with Crippen LogP contribution in [0.1, 0.15) is 50.3 Å². The SMILES string of the molecule is CC(NC(=O)OC(C)(C)C)c1ccc(-c2ccc([C@@H](O)[C@@H](CF)NC(=O)C(Cl)Cl)cc2)s1. The molecule has 0 bridgehead atoms. The van der Waals surface area contributed by atoms with Crippen LogP contribution in [0.15, 0.2) is 36.4 Å². The Morgan fingerprint density at radius 3 is 2.28 bits per heavy atom. The van der Waals surface area contributed by atoms with Crippen LogP contribution in [0.3, 0.4) is 0 Å². The van der Waals surface area contributed by atoms with E-state index >= 15 is 0 Å². The molecule has 3 atom stereocenters. The summed E-state index contributed by atoms with van der Waals surface area (Å²) in [5.74, 6) is -0.771. The van der Waals surface area contributed by atoms with Gasteiger partial charge in [0, 0.05) is 9.75 Å². The normalized spacial score (nSPS) is 14.5. The van der Waals surface area contributed by atoms with Gasteiger partial charge in [-0.1, -0.05) is 47.5 Å². The first-order chi connectivity index (χ1) is 14.9. The van der Waals surface area contributed by atoms with Gasteiger partial charge >= 0.3 is 6.09 Å². The molecule has 0 fully saturated rings. The number of ether oxygens (including phenoxy) is 1. The maximum atomic E-state index is 13.3. The molecule has 0 saturated heterocycles. The number of thiophene rings is 1. The Bertz CT molecular complexity index is 915. The molecule has 0 aliphatic rings. The van der Waals surface area contributed by atoms with Crippen LogP contribution in [0.4, 0.5) is 9.18 Å². The van der Waals surface area contributed by atoms with Crippen LogP contribution < -0.4 is 10.6 Å². The van der Waals surface area contributed by atoms with E-state index < -0.39 is 41.3 Å². The maximum absolute atomic E-state index is 13.3. The second-order valence-electron chi connectivity index (χ2n) is 8.21. The van der Waals surface area contributed by atoms with Gasteiger partial charge in [-0.3, -0.25) is 4.79 Å². The Labute approximate surface area is 201 Å². The third-order valence-electron chi connectivity index (χ3n) is 4.40. The molecule has 2 rings (SSSR count). The van der Waals surface area contributed by atoms with Gasteiger partial charge in [-0.15, -0.1) is 11.3 Å². The highest BCUT2D eigenvalue weighted by Crippen LogP contribution is 2.32. The monoisotopic (exact) mass is 504 g/mol. The van der Waals surface area contributed by atoms with Gasteiger partial charge in [-0.05, 0) is 51.0 Å². The van der Waals surface area contributed by atoms with E-state index in [1.165, 1.54) is 11.3 Å². The van der Waals surface area contributed by atoms with Gasteiger partial charge in [0.2, 0.25) is 0 Å². The number of halogens is 3. The lowest BCUT2D eigenvalue weighted by Crippen LogP contribution is -2.43. The first-order valence-electron chi connectivity index (χ1n) is 9.93. The van der Waals surface area contributed by atoms with E-state index in [0.29, 0.717) is 5.56 Å². The van der Waals surface area contributed by atoms with Gasteiger partial charge in [0.15, 0.2) is 4.84 Å². The minimum Gasteiger partial charge on any atom is -0.444 e. The summed E-state index contributed by atoms with van der Waals surface area (Å²) in [7, 11) is 0. The number of carbonyl (C=O) groups is 2. The smallest absolute Gasteiger partial charge is 0.408 e. The largest absolute Gasteiger partial charge is 0.444 e. The number of amides is 2. The lowest BCUT2D eigenvalue weighted by atomic mass is 10.0. The summed E-state index contributed by atoms with van der Waals surface area (Å²) >= 11 is 12.4. The summed E-state index contributed by atoms with van der Waals surface area (Å²) in [4.78, 5) is 24.1. The summed E-state index contributed by atoms with van der Waals surface area (Å²) in [6, 6.07) is 9.38. The zero-order chi connectivity index (χ0) is 24.1. The quantitative estimate of drug-likeness (QED) is 0.426. The van der Waals surface area contributed by atoms with Gasteiger partial charge in [0.1, 0.15) is 18.4 Å². The summed E-state index contributed by atoms with van der Waals surface area (Å²) in [6.45, 7) is 6.30. The fourth-order valence-electron chi connectivity index (χ4n) is 2.82. The lowest BCUT2D eigenvalue weighted by molar-refractivity contribution is -0.121. The molecule has 2 amide bonds. The number of aliphatic hydroxyl groups is 1. The molecule has 3 N–H and O–H groups in total. The number of nitrogens with one attached hydrogen (secondary N) is 2. The third kappa shape index (κ3) is 7.62. The predicted octanol–water partition coefficient (Wildman–Crippen LogP) is 5.29. The first-order valence-corrected chi connectivity index (χ1v) is 11.6. The van der Waals surface area contributed by atoms with Crippen LogP contribution in [0, 0.1) is 0 Å². The molecular formula is C22H27Cl2FN2O4S. The van der Waals surface area contributed by atoms with Crippen molar-refractivity contribution >= 4 is 46.5 Å². The van der Waals surface area contributed by atoms with Crippen molar-refractivity contribution in [3.8, 4) is 10.4 Å². The van der Waals surface area contributed by atoms with Crippen molar-refractivity contribution in [3.63, 3.8) is 0 Å². The number of benzene rings is 1. The molecule has 0 radical (unpaired) electrons. The molecule has 1 unspecified atom stereocenters. The molecule has 0 spiro atoms. The number of aliphatic hydroxyl groups excluding tert-OH is 1. The van der Waals surface area contributed by atoms with E-state index in [0.717, 1.165) is 15.3 Å². The highest BCUT2D eigenvalue weighted by molar-refractivity contribution is 7.15. The van der Waals surface area contributed by atoms with Gasteiger partial charge < -0.3 is 20.5 Å². The van der Waals surface area contributed by atoms with Crippen molar-refractivity contribution < 1.29 is 23.8 Å². The number of hydrogen-bond acceptors (Lipinski definition) is 5. The van der Waals surface area contributed by atoms with Gasteiger partial charge in [-0.2, -0.15) is 0 Å². The molecular weight excluding hydrogens is 478 g/mol. The van der Waals surface area contributed by atoms with E-state index in [-0.39, 0.29) is 6.04 Å². The minimum absolute atomic E-state index is 0.230. The first kappa shape index (κ1) is 26.4. The molecule has 6 nitrogen and oxygen atoms in total. The van der Waals surface area contributed by atoms with Crippen LogP contribution in [-0.2, 0) is 9.53 Å². The molecule has 1 aromatic carbocycles. The van der Waals surface area contributed by atoms with Crippen LogP contribution >= 0.6 is 34.5 Å². The molecule has 0 saturated carbocycles. The topological polar surface area (TPSA) is 87.7 Å².